The van der Waals surface area contributed by atoms with Crippen molar-refractivity contribution in [3.8, 4) is 0 Å². The molecule has 0 fully saturated rings. The van der Waals surface area contributed by atoms with Crippen molar-refractivity contribution in [2.75, 3.05) is 13.2 Å². The minimum Gasteiger partial charge on any atom is -0.313 e. The summed E-state index contributed by atoms with van der Waals surface area (Å²) in [5.41, 5.74) is 0.427. The van der Waals surface area contributed by atoms with Gasteiger partial charge in [0.05, 0.1) is 0 Å². The average Bonchev–Trinajstić information content (AvgIpc) is 2.29. The van der Waals surface area contributed by atoms with Gasteiger partial charge in [-0.05, 0) is 12.1 Å². The van der Waals surface area contributed by atoms with Crippen LogP contribution in [0.3, 0.4) is 0 Å². The molecule has 10 heteroatoms. The maximum Gasteiger partial charge on any atom is 0.294 e. The van der Waals surface area contributed by atoms with Gasteiger partial charge in [0.1, 0.15) is 13.2 Å². The molecule has 0 atom stereocenters. The molecule has 18 heavy (non-hydrogen) atoms. The maximum atomic E-state index is 10.1. The fourth-order valence-electron chi connectivity index (χ4n) is 1.14. The molecule has 100 valence electrons. The number of hydrogen-bond donors (Lipinski definition) is 0. The summed E-state index contributed by atoms with van der Waals surface area (Å²) in [5, 5.41) is 18.2. The molecule has 0 aromatic carbocycles. The standard InChI is InChI=1S/C8H9N3O6.ClH/c12-10(13)16-5-7(6-17-11(14)15)8-3-1-2-4-9-8;/h1-4,7H,5-6H2;1H. The Morgan fingerprint density at radius 1 is 1.17 bits per heavy atom. The summed E-state index contributed by atoms with van der Waals surface area (Å²) in [6, 6.07) is 4.90. The van der Waals surface area contributed by atoms with Crippen LogP contribution >= 0.6 is 12.4 Å². The molecule has 1 heterocycles. The van der Waals surface area contributed by atoms with E-state index in [0.29, 0.717) is 5.69 Å². The largest absolute Gasteiger partial charge is 0.313 e. The topological polar surface area (TPSA) is 118 Å². The molecule has 0 aliphatic heterocycles. The Bertz CT molecular complexity index is 372. The van der Waals surface area contributed by atoms with E-state index in [1.165, 1.54) is 6.20 Å². The zero-order valence-corrected chi connectivity index (χ0v) is 9.82. The molecule has 1 rings (SSSR count). The van der Waals surface area contributed by atoms with E-state index in [4.69, 9.17) is 0 Å². The second-order valence-corrected chi connectivity index (χ2v) is 2.99. The molecule has 0 aliphatic rings. The number of pyridine rings is 1. The van der Waals surface area contributed by atoms with Crippen LogP contribution in [0.4, 0.5) is 0 Å². The molecule has 1 aromatic rings. The van der Waals surface area contributed by atoms with Gasteiger partial charge in [-0.1, -0.05) is 6.07 Å². The lowest BCUT2D eigenvalue weighted by molar-refractivity contribution is -0.767. The first-order valence-electron chi connectivity index (χ1n) is 4.55. The minimum absolute atomic E-state index is 0. The predicted octanol–water partition coefficient (Wildman–Crippen LogP) is 1.00. The van der Waals surface area contributed by atoms with E-state index in [1.54, 1.807) is 18.2 Å². The lowest BCUT2D eigenvalue weighted by Gasteiger charge is -2.13. The third-order valence-electron chi connectivity index (χ3n) is 1.87. The second kappa shape index (κ2) is 8.01. The number of hydrogen-bond acceptors (Lipinski definition) is 7. The first-order chi connectivity index (χ1) is 8.09. The van der Waals surface area contributed by atoms with Gasteiger partial charge >= 0.3 is 0 Å². The molecular formula is C8H10ClN3O6. The van der Waals surface area contributed by atoms with E-state index >= 15 is 0 Å². The summed E-state index contributed by atoms with van der Waals surface area (Å²) in [5.74, 6) is -0.674. The Kier molecular flexibility index (Phi) is 7.05. The van der Waals surface area contributed by atoms with Crippen LogP contribution < -0.4 is 0 Å². The van der Waals surface area contributed by atoms with Crippen molar-refractivity contribution in [2.45, 2.75) is 5.92 Å². The molecule has 0 radical (unpaired) electrons. The van der Waals surface area contributed by atoms with Gasteiger partial charge in [-0.25, -0.2) is 0 Å². The van der Waals surface area contributed by atoms with Gasteiger partial charge in [-0.15, -0.1) is 32.6 Å². The summed E-state index contributed by atoms with van der Waals surface area (Å²) < 4.78 is 0. The normalized spacial score (nSPS) is 9.39. The van der Waals surface area contributed by atoms with Gasteiger partial charge in [0, 0.05) is 17.8 Å². The van der Waals surface area contributed by atoms with Gasteiger partial charge in [-0.2, -0.15) is 0 Å². The summed E-state index contributed by atoms with van der Waals surface area (Å²) in [6.45, 7) is -0.699. The van der Waals surface area contributed by atoms with Crippen LogP contribution in [-0.2, 0) is 9.68 Å². The van der Waals surface area contributed by atoms with Gasteiger partial charge in [-0.3, -0.25) is 4.98 Å². The highest BCUT2D eigenvalue weighted by molar-refractivity contribution is 5.85. The second-order valence-electron chi connectivity index (χ2n) is 2.99. The van der Waals surface area contributed by atoms with Crippen LogP contribution in [0.5, 0.6) is 0 Å². The van der Waals surface area contributed by atoms with Crippen molar-refractivity contribution in [3.05, 3.63) is 50.3 Å². The lowest BCUT2D eigenvalue weighted by atomic mass is 10.1. The molecule has 9 nitrogen and oxygen atoms in total. The molecule has 0 amide bonds. The van der Waals surface area contributed by atoms with Crippen LogP contribution in [0.15, 0.2) is 24.4 Å². The Balaban J connectivity index is 0.00000289. The first kappa shape index (κ1) is 15.8. The van der Waals surface area contributed by atoms with Crippen molar-refractivity contribution in [1.29, 1.82) is 0 Å². The first-order valence-corrected chi connectivity index (χ1v) is 4.55. The Hall–Kier alpha value is -2.16. The van der Waals surface area contributed by atoms with Crippen LogP contribution in [-0.4, -0.2) is 28.4 Å². The molecule has 0 bridgehead atoms. The summed E-state index contributed by atoms with van der Waals surface area (Å²) >= 11 is 0. The smallest absolute Gasteiger partial charge is 0.294 e. The number of halogens is 1. The summed E-state index contributed by atoms with van der Waals surface area (Å²) in [6.07, 6.45) is 1.47. The van der Waals surface area contributed by atoms with Crippen molar-refractivity contribution in [1.82, 2.24) is 4.98 Å². The molecule has 0 aliphatic carbocycles. The third kappa shape index (κ3) is 5.80. The van der Waals surface area contributed by atoms with Gasteiger partial charge in [0.15, 0.2) is 0 Å². The predicted molar refractivity (Wildman–Crippen MR) is 60.1 cm³/mol. The van der Waals surface area contributed by atoms with Crippen molar-refractivity contribution >= 4 is 12.4 Å². The van der Waals surface area contributed by atoms with Crippen molar-refractivity contribution in [2.24, 2.45) is 0 Å². The molecule has 0 N–H and O–H groups in total. The van der Waals surface area contributed by atoms with Gasteiger partial charge < -0.3 is 9.68 Å². The third-order valence-corrected chi connectivity index (χ3v) is 1.87. The molecule has 0 unspecified atom stereocenters. The van der Waals surface area contributed by atoms with Crippen molar-refractivity contribution < 1.29 is 19.8 Å². The fourth-order valence-corrected chi connectivity index (χ4v) is 1.14. The molecule has 0 saturated carbocycles. The maximum absolute atomic E-state index is 10.1. The van der Waals surface area contributed by atoms with E-state index < -0.39 is 16.1 Å². The zero-order valence-electron chi connectivity index (χ0n) is 9.00. The number of nitrogens with zero attached hydrogens (tertiary/aromatic N) is 3. The average molecular weight is 280 g/mol. The summed E-state index contributed by atoms with van der Waals surface area (Å²) in [4.78, 5) is 32.4. The molecule has 0 saturated heterocycles. The van der Waals surface area contributed by atoms with Crippen LogP contribution in [0, 0.1) is 20.2 Å². The highest BCUT2D eigenvalue weighted by atomic mass is 35.5. The highest BCUT2D eigenvalue weighted by Gasteiger charge is 2.16. The zero-order chi connectivity index (χ0) is 12.7. The number of rotatable bonds is 7. The Labute approximate surface area is 107 Å². The van der Waals surface area contributed by atoms with Gasteiger partial charge in [0.2, 0.25) is 0 Å². The van der Waals surface area contributed by atoms with Crippen LogP contribution in [0.25, 0.3) is 0 Å². The molecule has 1 aromatic heterocycles. The number of aromatic nitrogens is 1. The van der Waals surface area contributed by atoms with Crippen LogP contribution in [0.2, 0.25) is 0 Å². The van der Waals surface area contributed by atoms with E-state index in [0.717, 1.165) is 0 Å². The Morgan fingerprint density at radius 3 is 2.11 bits per heavy atom. The monoisotopic (exact) mass is 279 g/mol. The minimum atomic E-state index is -0.970. The lowest BCUT2D eigenvalue weighted by Crippen LogP contribution is -2.19. The van der Waals surface area contributed by atoms with E-state index in [9.17, 15) is 20.2 Å². The van der Waals surface area contributed by atoms with Crippen LogP contribution in [0.1, 0.15) is 11.6 Å². The Morgan fingerprint density at radius 2 is 1.72 bits per heavy atom. The quantitative estimate of drug-likeness (QED) is 0.539. The highest BCUT2D eigenvalue weighted by Crippen LogP contribution is 2.13. The summed E-state index contributed by atoms with van der Waals surface area (Å²) in [7, 11) is 0. The fraction of sp³-hybridized carbons (Fsp3) is 0.375. The molecular weight excluding hydrogens is 270 g/mol. The van der Waals surface area contributed by atoms with Gasteiger partial charge in [0.25, 0.3) is 10.2 Å². The van der Waals surface area contributed by atoms with E-state index in [2.05, 4.69) is 14.7 Å². The molecule has 0 spiro atoms. The van der Waals surface area contributed by atoms with E-state index in [1.807, 2.05) is 0 Å². The SMILES string of the molecule is Cl.O=[N+]([O-])OCC(CO[N+](=O)[O-])c1ccccn1. The van der Waals surface area contributed by atoms with E-state index in [-0.39, 0.29) is 25.6 Å². The van der Waals surface area contributed by atoms with Crippen molar-refractivity contribution in [3.63, 3.8) is 0 Å².